The minimum atomic E-state index is -0.490. The third-order valence-corrected chi connectivity index (χ3v) is 3.10. The van der Waals surface area contributed by atoms with Crippen LogP contribution in [-0.2, 0) is 11.4 Å². The van der Waals surface area contributed by atoms with Crippen molar-refractivity contribution in [3.05, 3.63) is 33.9 Å². The molecule has 0 saturated carbocycles. The topological polar surface area (TPSA) is 95.7 Å². The lowest BCUT2D eigenvalue weighted by Crippen LogP contribution is -2.29. The van der Waals surface area contributed by atoms with Crippen LogP contribution in [0.3, 0.4) is 0 Å². The first-order chi connectivity index (χ1) is 9.11. The first-order valence-corrected chi connectivity index (χ1v) is 6.01. The van der Waals surface area contributed by atoms with Crippen LogP contribution in [0.5, 0.6) is 0 Å². The second-order valence-electron chi connectivity index (χ2n) is 4.32. The Kier molecular flexibility index (Phi) is 3.96. The molecule has 2 rings (SSSR count). The summed E-state index contributed by atoms with van der Waals surface area (Å²) in [5.74, 6) is -0.00467. The molecule has 1 amide bonds. The van der Waals surface area contributed by atoms with Gasteiger partial charge in [0.2, 0.25) is 5.91 Å². The average molecular weight is 265 g/mol. The summed E-state index contributed by atoms with van der Waals surface area (Å²) in [6.45, 7) is 1.42. The molecule has 1 heterocycles. The van der Waals surface area contributed by atoms with Gasteiger partial charge in [0.1, 0.15) is 0 Å². The molecule has 1 aliphatic heterocycles. The molecule has 1 fully saturated rings. The van der Waals surface area contributed by atoms with Gasteiger partial charge in [0.05, 0.1) is 11.5 Å². The van der Waals surface area contributed by atoms with E-state index in [0.717, 1.165) is 5.69 Å². The van der Waals surface area contributed by atoms with Crippen molar-refractivity contribution in [1.82, 2.24) is 5.32 Å². The molecule has 0 aliphatic carbocycles. The fourth-order valence-corrected chi connectivity index (χ4v) is 2.13. The van der Waals surface area contributed by atoms with Crippen LogP contribution in [0.2, 0.25) is 0 Å². The number of aliphatic hydroxyl groups excluding tert-OH is 1. The fraction of sp³-hybridized carbons (Fsp3) is 0.417. The highest BCUT2D eigenvalue weighted by molar-refractivity contribution is 5.77. The molecule has 102 valence electrons. The van der Waals surface area contributed by atoms with Crippen LogP contribution in [0, 0.1) is 10.1 Å². The number of carbonyl (C=O) groups is 1. The van der Waals surface area contributed by atoms with E-state index < -0.39 is 4.92 Å². The van der Waals surface area contributed by atoms with E-state index in [0.29, 0.717) is 31.6 Å². The van der Waals surface area contributed by atoms with E-state index in [-0.39, 0.29) is 18.2 Å². The zero-order valence-corrected chi connectivity index (χ0v) is 10.3. The van der Waals surface area contributed by atoms with Gasteiger partial charge in [-0.25, -0.2) is 0 Å². The van der Waals surface area contributed by atoms with Gasteiger partial charge in [-0.1, -0.05) is 0 Å². The highest BCUT2D eigenvalue weighted by Gasteiger charge is 2.18. The highest BCUT2D eigenvalue weighted by Crippen LogP contribution is 2.26. The van der Waals surface area contributed by atoms with Crippen molar-refractivity contribution in [1.29, 1.82) is 0 Å². The third-order valence-electron chi connectivity index (χ3n) is 3.10. The normalized spacial score (nSPS) is 15.8. The second-order valence-corrected chi connectivity index (χ2v) is 4.32. The Hall–Kier alpha value is -2.15. The summed E-state index contributed by atoms with van der Waals surface area (Å²) in [5, 5.41) is 22.8. The number of anilines is 1. The van der Waals surface area contributed by atoms with Crippen LogP contribution in [0.1, 0.15) is 12.0 Å². The van der Waals surface area contributed by atoms with Crippen molar-refractivity contribution in [2.24, 2.45) is 0 Å². The summed E-state index contributed by atoms with van der Waals surface area (Å²) >= 11 is 0. The number of amides is 1. The number of nitrogens with one attached hydrogen (secondary N) is 1. The van der Waals surface area contributed by atoms with Gasteiger partial charge < -0.3 is 15.3 Å². The number of hydrogen-bond donors (Lipinski definition) is 2. The van der Waals surface area contributed by atoms with Gasteiger partial charge in [0.15, 0.2) is 0 Å². The third kappa shape index (κ3) is 3.00. The number of nitrogens with zero attached hydrogens (tertiary/aromatic N) is 2. The first-order valence-electron chi connectivity index (χ1n) is 6.01. The van der Waals surface area contributed by atoms with Gasteiger partial charge >= 0.3 is 0 Å². The maximum Gasteiger partial charge on any atom is 0.269 e. The molecular weight excluding hydrogens is 250 g/mol. The predicted octanol–water partition coefficient (Wildman–Crippen LogP) is 0.413. The molecule has 1 aromatic rings. The molecule has 0 bridgehead atoms. The van der Waals surface area contributed by atoms with Crippen molar-refractivity contribution >= 4 is 17.3 Å². The minimum Gasteiger partial charge on any atom is -0.392 e. The fourth-order valence-electron chi connectivity index (χ4n) is 2.13. The van der Waals surface area contributed by atoms with Crippen molar-refractivity contribution in [3.63, 3.8) is 0 Å². The lowest BCUT2D eigenvalue weighted by molar-refractivity contribution is -0.384. The molecule has 2 N–H and O–H groups in total. The number of nitro benzene ring substituents is 1. The zero-order chi connectivity index (χ0) is 13.8. The summed E-state index contributed by atoms with van der Waals surface area (Å²) in [4.78, 5) is 23.5. The molecule has 0 unspecified atom stereocenters. The number of non-ortho nitro benzene ring substituents is 1. The van der Waals surface area contributed by atoms with Gasteiger partial charge in [0, 0.05) is 49.4 Å². The van der Waals surface area contributed by atoms with Crippen LogP contribution in [-0.4, -0.2) is 35.6 Å². The number of rotatable bonds is 3. The maximum atomic E-state index is 11.3. The smallest absolute Gasteiger partial charge is 0.269 e. The van der Waals surface area contributed by atoms with Crippen LogP contribution in [0.25, 0.3) is 0 Å². The number of hydrogen-bond acceptors (Lipinski definition) is 5. The molecule has 0 atom stereocenters. The lowest BCUT2D eigenvalue weighted by Gasteiger charge is -2.24. The Morgan fingerprint density at radius 3 is 2.89 bits per heavy atom. The number of aliphatic hydroxyl groups is 1. The van der Waals surface area contributed by atoms with E-state index in [9.17, 15) is 20.0 Å². The Morgan fingerprint density at radius 1 is 1.42 bits per heavy atom. The molecule has 19 heavy (non-hydrogen) atoms. The molecule has 0 spiro atoms. The Balaban J connectivity index is 2.28. The van der Waals surface area contributed by atoms with Crippen molar-refractivity contribution in [2.75, 3.05) is 24.5 Å². The quantitative estimate of drug-likeness (QED) is 0.609. The summed E-state index contributed by atoms with van der Waals surface area (Å²) in [7, 11) is 0. The minimum absolute atomic E-state index is 0.00467. The van der Waals surface area contributed by atoms with Gasteiger partial charge in [-0.2, -0.15) is 0 Å². The number of nitro groups is 1. The summed E-state index contributed by atoms with van der Waals surface area (Å²) < 4.78 is 0. The van der Waals surface area contributed by atoms with E-state index in [1.165, 1.54) is 12.1 Å². The monoisotopic (exact) mass is 265 g/mol. The lowest BCUT2D eigenvalue weighted by atomic mass is 10.1. The van der Waals surface area contributed by atoms with E-state index in [1.807, 2.05) is 4.90 Å². The summed E-state index contributed by atoms with van der Waals surface area (Å²) in [5.41, 5.74) is 1.20. The first kappa shape index (κ1) is 13.3. The Bertz CT molecular complexity index is 504. The molecule has 1 aliphatic rings. The van der Waals surface area contributed by atoms with Crippen molar-refractivity contribution < 1.29 is 14.8 Å². The molecule has 1 aromatic carbocycles. The van der Waals surface area contributed by atoms with Gasteiger partial charge in [0.25, 0.3) is 5.69 Å². The standard InChI is InChI=1S/C12H15N3O4/c16-8-9-7-10(15(18)19)1-2-11(9)14-5-3-12(17)13-4-6-14/h1-2,7,16H,3-6,8H2,(H,13,17). The molecule has 7 nitrogen and oxygen atoms in total. The molecule has 0 radical (unpaired) electrons. The molecule has 0 aromatic heterocycles. The van der Waals surface area contributed by atoms with Gasteiger partial charge in [-0.15, -0.1) is 0 Å². The van der Waals surface area contributed by atoms with Crippen LogP contribution in [0.4, 0.5) is 11.4 Å². The van der Waals surface area contributed by atoms with Crippen LogP contribution < -0.4 is 10.2 Å². The van der Waals surface area contributed by atoms with E-state index in [4.69, 9.17) is 0 Å². The number of carbonyl (C=O) groups excluding carboxylic acids is 1. The Morgan fingerprint density at radius 2 is 2.21 bits per heavy atom. The van der Waals surface area contributed by atoms with Gasteiger partial charge in [-0.05, 0) is 6.07 Å². The summed E-state index contributed by atoms with van der Waals surface area (Å²) in [6, 6.07) is 4.41. The molecular formula is C12H15N3O4. The maximum absolute atomic E-state index is 11.3. The second kappa shape index (κ2) is 5.66. The summed E-state index contributed by atoms with van der Waals surface area (Å²) in [6.07, 6.45) is 0.377. The zero-order valence-electron chi connectivity index (χ0n) is 10.3. The highest BCUT2D eigenvalue weighted by atomic mass is 16.6. The average Bonchev–Trinajstić information content (AvgIpc) is 2.62. The molecule has 1 saturated heterocycles. The van der Waals surface area contributed by atoms with E-state index in [1.54, 1.807) is 6.07 Å². The SMILES string of the molecule is O=C1CCN(c2ccc([N+](=O)[O-])cc2CO)CCN1. The Labute approximate surface area is 110 Å². The van der Waals surface area contributed by atoms with Gasteiger partial charge in [-0.3, -0.25) is 14.9 Å². The van der Waals surface area contributed by atoms with E-state index in [2.05, 4.69) is 5.32 Å². The largest absolute Gasteiger partial charge is 0.392 e. The predicted molar refractivity (Wildman–Crippen MR) is 68.9 cm³/mol. The molecule has 7 heteroatoms. The van der Waals surface area contributed by atoms with Crippen LogP contribution in [0.15, 0.2) is 18.2 Å². The van der Waals surface area contributed by atoms with E-state index >= 15 is 0 Å². The van der Waals surface area contributed by atoms with Crippen molar-refractivity contribution in [3.8, 4) is 0 Å². The van der Waals surface area contributed by atoms with Crippen molar-refractivity contribution in [2.45, 2.75) is 13.0 Å². The number of benzene rings is 1. The van der Waals surface area contributed by atoms with Crippen LogP contribution >= 0.6 is 0 Å².